The number of aromatic amines is 1. The number of aliphatic hydroxyl groups excluding tert-OH is 1. The Kier molecular flexibility index (Phi) is 6.94. The third-order valence-electron chi connectivity index (χ3n) is 8.87. The van der Waals surface area contributed by atoms with Crippen molar-refractivity contribution in [1.82, 2.24) is 14.8 Å². The van der Waals surface area contributed by atoms with Crippen LogP contribution in [-0.2, 0) is 6.61 Å². The molecule has 1 aliphatic carbocycles. The van der Waals surface area contributed by atoms with Crippen molar-refractivity contribution >= 4 is 34.1 Å². The molecule has 1 fully saturated rings. The van der Waals surface area contributed by atoms with Gasteiger partial charge in [-0.1, -0.05) is 36.4 Å². The van der Waals surface area contributed by atoms with E-state index in [0.29, 0.717) is 54.7 Å². The van der Waals surface area contributed by atoms with Crippen molar-refractivity contribution in [1.29, 1.82) is 0 Å². The highest BCUT2D eigenvalue weighted by Crippen LogP contribution is 2.43. The lowest BCUT2D eigenvalue weighted by Gasteiger charge is -2.28. The molecule has 0 saturated heterocycles. The number of rotatable bonds is 5. The number of anilines is 1. The molecule has 220 valence electrons. The fourth-order valence-electron chi connectivity index (χ4n) is 6.41. The van der Waals surface area contributed by atoms with Crippen molar-refractivity contribution in [2.45, 2.75) is 31.8 Å². The second-order valence-corrected chi connectivity index (χ2v) is 11.8. The van der Waals surface area contributed by atoms with E-state index in [1.54, 1.807) is 23.9 Å². The van der Waals surface area contributed by atoms with Gasteiger partial charge in [0.2, 0.25) is 0 Å². The van der Waals surface area contributed by atoms with Gasteiger partial charge in [0.25, 0.3) is 5.91 Å². The Morgan fingerprint density at radius 3 is 2.58 bits per heavy atom. The molecule has 8 nitrogen and oxygen atoms in total. The van der Waals surface area contributed by atoms with E-state index < -0.39 is 0 Å². The first-order valence-corrected chi connectivity index (χ1v) is 15.0. The van der Waals surface area contributed by atoms with Crippen molar-refractivity contribution in [3.8, 4) is 16.9 Å². The summed E-state index contributed by atoms with van der Waals surface area (Å²) < 4.78 is 6.07. The molecule has 43 heavy (non-hydrogen) atoms. The van der Waals surface area contributed by atoms with Gasteiger partial charge in [-0.25, -0.2) is 4.79 Å². The molecule has 0 unspecified atom stereocenters. The minimum Gasteiger partial charge on any atom is -0.491 e. The highest BCUT2D eigenvalue weighted by molar-refractivity contribution is 6.09. The van der Waals surface area contributed by atoms with Gasteiger partial charge < -0.3 is 29.5 Å². The van der Waals surface area contributed by atoms with Gasteiger partial charge in [-0.15, -0.1) is 0 Å². The summed E-state index contributed by atoms with van der Waals surface area (Å²) >= 11 is 0. The van der Waals surface area contributed by atoms with Crippen LogP contribution < -0.4 is 9.64 Å². The fourth-order valence-corrected chi connectivity index (χ4v) is 6.41. The van der Waals surface area contributed by atoms with Crippen LogP contribution in [0.5, 0.6) is 5.75 Å². The van der Waals surface area contributed by atoms with E-state index in [1.165, 1.54) is 24.0 Å². The van der Waals surface area contributed by atoms with Crippen LogP contribution in [0.3, 0.4) is 0 Å². The van der Waals surface area contributed by atoms with Gasteiger partial charge in [-0.2, -0.15) is 0 Å². The molecule has 0 spiro atoms. The number of aliphatic hydroxyl groups is 1. The molecule has 1 saturated carbocycles. The number of amides is 3. The Bertz CT molecular complexity index is 1770. The van der Waals surface area contributed by atoms with Gasteiger partial charge >= 0.3 is 6.03 Å². The number of hydrogen-bond donors (Lipinski definition) is 2. The molecule has 0 radical (unpaired) electrons. The summed E-state index contributed by atoms with van der Waals surface area (Å²) in [6, 6.07) is 20.1. The molecule has 2 aliphatic heterocycles. The number of nitrogens with one attached hydrogen (secondary N) is 1. The number of urea groups is 1. The van der Waals surface area contributed by atoms with Crippen molar-refractivity contribution in [3.05, 3.63) is 89.1 Å². The Morgan fingerprint density at radius 2 is 1.84 bits per heavy atom. The molecule has 2 N–H and O–H groups in total. The van der Waals surface area contributed by atoms with Crippen LogP contribution in [0.1, 0.15) is 52.4 Å². The predicted molar refractivity (Wildman–Crippen MR) is 168 cm³/mol. The molecule has 1 aromatic heterocycles. The van der Waals surface area contributed by atoms with Gasteiger partial charge in [-0.3, -0.25) is 4.79 Å². The van der Waals surface area contributed by atoms with Crippen LogP contribution in [0.2, 0.25) is 0 Å². The summed E-state index contributed by atoms with van der Waals surface area (Å²) in [5, 5.41) is 11.8. The summed E-state index contributed by atoms with van der Waals surface area (Å²) in [6.07, 6.45) is 5.26. The molecule has 7 rings (SSSR count). The highest BCUT2D eigenvalue weighted by Gasteiger charge is 2.30. The van der Waals surface area contributed by atoms with Crippen LogP contribution in [0.4, 0.5) is 10.5 Å². The number of aromatic nitrogens is 1. The lowest BCUT2D eigenvalue weighted by molar-refractivity contribution is 0.0989. The number of benzene rings is 3. The van der Waals surface area contributed by atoms with Crippen LogP contribution in [-0.4, -0.2) is 72.2 Å². The van der Waals surface area contributed by atoms with E-state index in [-0.39, 0.29) is 18.5 Å². The summed E-state index contributed by atoms with van der Waals surface area (Å²) in [6.45, 7) is 1.80. The molecule has 0 atom stereocenters. The Balaban J connectivity index is 1.23. The maximum atomic E-state index is 13.9. The van der Waals surface area contributed by atoms with Crippen molar-refractivity contribution in [2.75, 3.05) is 45.2 Å². The number of H-pyrrole nitrogens is 1. The summed E-state index contributed by atoms with van der Waals surface area (Å²) in [5.41, 5.74) is 8.27. The van der Waals surface area contributed by atoms with Gasteiger partial charge in [0, 0.05) is 49.3 Å². The third-order valence-corrected chi connectivity index (χ3v) is 8.87. The van der Waals surface area contributed by atoms with E-state index in [1.807, 2.05) is 47.4 Å². The Morgan fingerprint density at radius 1 is 1.02 bits per heavy atom. The second-order valence-electron chi connectivity index (χ2n) is 11.8. The van der Waals surface area contributed by atoms with E-state index in [0.717, 1.165) is 34.1 Å². The SMILES string of the molecule is CN(C)C(=O)N1CC=C(c2cc3c(-c4cccc(N5CCOc6cc(C7CC7)ccc6C5=O)c4CO)cccc3[nH]2)CC1. The first kappa shape index (κ1) is 27.3. The summed E-state index contributed by atoms with van der Waals surface area (Å²) in [7, 11) is 3.55. The van der Waals surface area contributed by atoms with Crippen LogP contribution in [0.15, 0.2) is 66.7 Å². The number of hydrogen-bond acceptors (Lipinski definition) is 4. The van der Waals surface area contributed by atoms with Gasteiger partial charge in [0.1, 0.15) is 12.4 Å². The quantitative estimate of drug-likeness (QED) is 0.304. The van der Waals surface area contributed by atoms with Crippen molar-refractivity contribution < 1.29 is 19.4 Å². The van der Waals surface area contributed by atoms with Gasteiger partial charge in [-0.05, 0) is 77.8 Å². The second kappa shape index (κ2) is 10.9. The monoisotopic (exact) mass is 576 g/mol. The first-order valence-electron chi connectivity index (χ1n) is 15.0. The van der Waals surface area contributed by atoms with Crippen LogP contribution in [0, 0.1) is 0 Å². The standard InChI is InChI=1S/C35H36N4O4/c1-37(2)35(42)38-15-13-23(14-16-38)31-20-28-25(5-3-7-30(28)36-31)26-6-4-8-32(29(26)21-40)39-17-18-43-33-19-24(22-9-10-22)11-12-27(33)34(39)41/h3-8,11-13,19-20,22,36,40H,9-10,14-18,21H2,1-2H3. The molecular weight excluding hydrogens is 540 g/mol. The fraction of sp³-hybridized carbons (Fsp3) is 0.314. The molecule has 4 aromatic rings. The average molecular weight is 577 g/mol. The predicted octanol–water partition coefficient (Wildman–Crippen LogP) is 6.01. The number of carbonyl (C=O) groups is 2. The van der Waals surface area contributed by atoms with E-state index >= 15 is 0 Å². The van der Waals surface area contributed by atoms with Crippen molar-refractivity contribution in [3.63, 3.8) is 0 Å². The van der Waals surface area contributed by atoms with E-state index in [4.69, 9.17) is 4.74 Å². The molecule has 3 aromatic carbocycles. The van der Waals surface area contributed by atoms with Gasteiger partial charge in [0.15, 0.2) is 0 Å². The zero-order valence-electron chi connectivity index (χ0n) is 24.6. The maximum Gasteiger partial charge on any atom is 0.319 e. The molecular formula is C35H36N4O4. The lowest BCUT2D eigenvalue weighted by atomic mass is 9.94. The molecule has 3 aliphatic rings. The molecule has 3 heterocycles. The first-order chi connectivity index (χ1) is 20.9. The Hall–Kier alpha value is -4.56. The number of ether oxygens (including phenoxy) is 1. The normalized spacial score (nSPS) is 16.9. The van der Waals surface area contributed by atoms with E-state index in [9.17, 15) is 14.7 Å². The lowest BCUT2D eigenvalue weighted by Crippen LogP contribution is -2.41. The minimum atomic E-state index is -0.210. The van der Waals surface area contributed by atoms with Crippen molar-refractivity contribution in [2.24, 2.45) is 0 Å². The highest BCUT2D eigenvalue weighted by atomic mass is 16.5. The van der Waals surface area contributed by atoms with Crippen LogP contribution >= 0.6 is 0 Å². The summed E-state index contributed by atoms with van der Waals surface area (Å²) in [4.78, 5) is 35.0. The molecule has 8 heteroatoms. The average Bonchev–Trinajstić information content (AvgIpc) is 3.82. The zero-order valence-corrected chi connectivity index (χ0v) is 24.6. The summed E-state index contributed by atoms with van der Waals surface area (Å²) in [5.74, 6) is 1.11. The maximum absolute atomic E-state index is 13.9. The third kappa shape index (κ3) is 4.95. The molecule has 3 amide bonds. The Labute approximate surface area is 251 Å². The smallest absolute Gasteiger partial charge is 0.319 e. The van der Waals surface area contributed by atoms with Crippen LogP contribution in [0.25, 0.3) is 27.6 Å². The largest absolute Gasteiger partial charge is 0.491 e. The topological polar surface area (TPSA) is 89.1 Å². The van der Waals surface area contributed by atoms with Gasteiger partial charge in [0.05, 0.1) is 24.4 Å². The molecule has 0 bridgehead atoms. The minimum absolute atomic E-state index is 0.0200. The number of carbonyl (C=O) groups excluding carboxylic acids is 2. The zero-order chi connectivity index (χ0) is 29.7. The number of nitrogens with zero attached hydrogens (tertiary/aromatic N) is 3. The number of fused-ring (bicyclic) bond motifs is 2. The van der Waals surface area contributed by atoms with E-state index in [2.05, 4.69) is 29.3 Å².